The highest BCUT2D eigenvalue weighted by atomic mass is 79.9. The molecular formula is C16H14BrN5O3S. The van der Waals surface area contributed by atoms with Gasteiger partial charge in [-0.15, -0.1) is 11.3 Å². The summed E-state index contributed by atoms with van der Waals surface area (Å²) in [7, 11) is 0. The smallest absolute Gasteiger partial charge is 0.358 e. The molecule has 0 saturated carbocycles. The van der Waals surface area contributed by atoms with E-state index >= 15 is 0 Å². The molecule has 3 rings (SSSR count). The van der Waals surface area contributed by atoms with Crippen LogP contribution in [-0.4, -0.2) is 25.4 Å². The van der Waals surface area contributed by atoms with Gasteiger partial charge >= 0.3 is 5.82 Å². The standard InChI is InChI=1S/C16H14BrN5O3S/c1-10-15(11-2-4-12(17)5-3-11)20-16(26-10)19-14(23)6-7-21-8-13(18-9-21)22(24)25/h2-5,8-9H,6-7H2,1H3,(H,19,20,23). The van der Waals surface area contributed by atoms with Gasteiger partial charge in [0.05, 0.1) is 5.69 Å². The Balaban J connectivity index is 1.61. The molecule has 0 spiro atoms. The highest BCUT2D eigenvalue weighted by Gasteiger charge is 2.14. The molecule has 1 N–H and O–H groups in total. The average molecular weight is 436 g/mol. The molecule has 3 aromatic rings. The number of carbonyl (C=O) groups excluding carboxylic acids is 1. The summed E-state index contributed by atoms with van der Waals surface area (Å²) >= 11 is 4.81. The van der Waals surface area contributed by atoms with E-state index in [-0.39, 0.29) is 18.1 Å². The Morgan fingerprint density at radius 1 is 1.38 bits per heavy atom. The number of amides is 1. The number of imidazole rings is 1. The molecule has 0 saturated heterocycles. The Morgan fingerprint density at radius 3 is 2.77 bits per heavy atom. The fraction of sp³-hybridized carbons (Fsp3) is 0.188. The monoisotopic (exact) mass is 435 g/mol. The average Bonchev–Trinajstić information content (AvgIpc) is 3.21. The summed E-state index contributed by atoms with van der Waals surface area (Å²) in [4.78, 5) is 31.3. The molecule has 8 nitrogen and oxygen atoms in total. The molecular weight excluding hydrogens is 422 g/mol. The lowest BCUT2D eigenvalue weighted by Crippen LogP contribution is -2.13. The maximum Gasteiger partial charge on any atom is 0.381 e. The molecule has 0 aliphatic carbocycles. The number of nitro groups is 1. The normalized spacial score (nSPS) is 10.7. The summed E-state index contributed by atoms with van der Waals surface area (Å²) in [6, 6.07) is 7.81. The molecule has 0 unspecified atom stereocenters. The Bertz CT molecular complexity index is 951. The largest absolute Gasteiger partial charge is 0.381 e. The van der Waals surface area contributed by atoms with Crippen LogP contribution in [0.3, 0.4) is 0 Å². The van der Waals surface area contributed by atoms with Gasteiger partial charge in [-0.1, -0.05) is 28.1 Å². The summed E-state index contributed by atoms with van der Waals surface area (Å²) in [6.45, 7) is 2.26. The van der Waals surface area contributed by atoms with Crippen LogP contribution >= 0.6 is 27.3 Å². The number of halogens is 1. The third kappa shape index (κ3) is 4.33. The van der Waals surface area contributed by atoms with E-state index in [0.717, 1.165) is 20.6 Å². The van der Waals surface area contributed by atoms with Crippen molar-refractivity contribution in [3.05, 3.63) is 56.3 Å². The first kappa shape index (κ1) is 18.2. The second kappa shape index (κ2) is 7.75. The number of aromatic nitrogens is 3. The highest BCUT2D eigenvalue weighted by molar-refractivity contribution is 9.10. The zero-order chi connectivity index (χ0) is 18.7. The lowest BCUT2D eigenvalue weighted by Gasteiger charge is -2.02. The molecule has 0 aliphatic heterocycles. The predicted molar refractivity (Wildman–Crippen MR) is 102 cm³/mol. The van der Waals surface area contributed by atoms with Crippen LogP contribution in [0.4, 0.5) is 10.9 Å². The SMILES string of the molecule is Cc1sc(NC(=O)CCn2cnc([N+](=O)[O-])c2)nc1-c1ccc(Br)cc1. The molecule has 2 heterocycles. The number of rotatable bonds is 6. The van der Waals surface area contributed by atoms with Crippen LogP contribution < -0.4 is 5.32 Å². The van der Waals surface area contributed by atoms with Gasteiger partial charge in [0.1, 0.15) is 6.20 Å². The lowest BCUT2D eigenvalue weighted by atomic mass is 10.1. The summed E-state index contributed by atoms with van der Waals surface area (Å²) in [6.07, 6.45) is 2.80. The van der Waals surface area contributed by atoms with Gasteiger partial charge in [-0.3, -0.25) is 4.79 Å². The predicted octanol–water partition coefficient (Wildman–Crippen LogP) is 4.01. The molecule has 134 valence electrons. The van der Waals surface area contributed by atoms with E-state index < -0.39 is 4.92 Å². The van der Waals surface area contributed by atoms with Crippen molar-refractivity contribution in [1.82, 2.24) is 14.5 Å². The van der Waals surface area contributed by atoms with Gasteiger partial charge in [-0.2, -0.15) is 0 Å². The van der Waals surface area contributed by atoms with Gasteiger partial charge in [0.25, 0.3) is 0 Å². The Labute approximate surface area is 161 Å². The quantitative estimate of drug-likeness (QED) is 0.465. The van der Waals surface area contributed by atoms with Gasteiger partial charge in [0, 0.05) is 27.9 Å². The number of anilines is 1. The van der Waals surface area contributed by atoms with Crippen LogP contribution in [0.25, 0.3) is 11.3 Å². The molecule has 1 amide bonds. The Hall–Kier alpha value is -2.59. The molecule has 0 radical (unpaired) electrons. The van der Waals surface area contributed by atoms with Crippen LogP contribution in [0.1, 0.15) is 11.3 Å². The maximum atomic E-state index is 12.1. The highest BCUT2D eigenvalue weighted by Crippen LogP contribution is 2.31. The minimum absolute atomic E-state index is 0.166. The van der Waals surface area contributed by atoms with Gasteiger partial charge < -0.3 is 20.0 Å². The van der Waals surface area contributed by atoms with Gasteiger partial charge in [-0.05, 0) is 29.0 Å². The maximum absolute atomic E-state index is 12.1. The number of hydrogen-bond donors (Lipinski definition) is 1. The van der Waals surface area contributed by atoms with Crippen molar-refractivity contribution in [1.29, 1.82) is 0 Å². The van der Waals surface area contributed by atoms with Crippen molar-refractivity contribution in [3.63, 3.8) is 0 Å². The molecule has 2 aromatic heterocycles. The molecule has 0 aliphatic rings. The van der Waals surface area contributed by atoms with Crippen molar-refractivity contribution in [3.8, 4) is 11.3 Å². The van der Waals surface area contributed by atoms with E-state index in [1.54, 1.807) is 0 Å². The van der Waals surface area contributed by atoms with Crippen LogP contribution in [0.15, 0.2) is 41.3 Å². The molecule has 0 bridgehead atoms. The minimum Gasteiger partial charge on any atom is -0.358 e. The van der Waals surface area contributed by atoms with E-state index in [1.807, 2.05) is 31.2 Å². The van der Waals surface area contributed by atoms with Crippen molar-refractivity contribution in [2.24, 2.45) is 0 Å². The van der Waals surface area contributed by atoms with Crippen LogP contribution in [0, 0.1) is 17.0 Å². The van der Waals surface area contributed by atoms with Gasteiger partial charge in [0.15, 0.2) is 5.13 Å². The molecule has 26 heavy (non-hydrogen) atoms. The first-order valence-electron chi connectivity index (χ1n) is 7.62. The Kier molecular flexibility index (Phi) is 5.43. The van der Waals surface area contributed by atoms with E-state index in [4.69, 9.17) is 0 Å². The third-order valence-corrected chi connectivity index (χ3v) is 4.98. The number of nitrogens with zero attached hydrogens (tertiary/aromatic N) is 4. The first-order valence-corrected chi connectivity index (χ1v) is 9.22. The lowest BCUT2D eigenvalue weighted by molar-refractivity contribution is -0.389. The number of thiazole rings is 1. The second-order valence-electron chi connectivity index (χ2n) is 5.46. The molecule has 0 atom stereocenters. The second-order valence-corrected chi connectivity index (χ2v) is 7.57. The zero-order valence-electron chi connectivity index (χ0n) is 13.7. The van der Waals surface area contributed by atoms with E-state index in [9.17, 15) is 14.9 Å². The first-order chi connectivity index (χ1) is 12.4. The number of carbonyl (C=O) groups is 1. The number of aryl methyl sites for hydroxylation is 2. The van der Waals surface area contributed by atoms with E-state index in [1.165, 1.54) is 28.4 Å². The van der Waals surface area contributed by atoms with E-state index in [0.29, 0.717) is 11.7 Å². The molecule has 1 aromatic carbocycles. The summed E-state index contributed by atoms with van der Waals surface area (Å²) in [5.41, 5.74) is 1.82. The number of hydrogen-bond acceptors (Lipinski definition) is 6. The molecule has 10 heteroatoms. The zero-order valence-corrected chi connectivity index (χ0v) is 16.1. The summed E-state index contributed by atoms with van der Waals surface area (Å²) in [5.74, 6) is -0.447. The number of nitrogens with one attached hydrogen (secondary N) is 1. The topological polar surface area (TPSA) is 103 Å². The van der Waals surface area contributed by atoms with Crippen LogP contribution in [0.5, 0.6) is 0 Å². The van der Waals surface area contributed by atoms with Crippen molar-refractivity contribution < 1.29 is 9.72 Å². The van der Waals surface area contributed by atoms with Crippen LogP contribution in [0.2, 0.25) is 0 Å². The van der Waals surface area contributed by atoms with Crippen molar-refractivity contribution in [2.75, 3.05) is 5.32 Å². The fourth-order valence-electron chi connectivity index (χ4n) is 2.30. The fourth-order valence-corrected chi connectivity index (χ4v) is 3.42. The minimum atomic E-state index is -0.571. The van der Waals surface area contributed by atoms with Crippen molar-refractivity contribution in [2.45, 2.75) is 19.9 Å². The summed E-state index contributed by atoms with van der Waals surface area (Å²) < 4.78 is 2.50. The van der Waals surface area contributed by atoms with Gasteiger partial charge in [0.2, 0.25) is 12.2 Å². The molecule has 0 fully saturated rings. The summed E-state index contributed by atoms with van der Waals surface area (Å²) in [5, 5.41) is 13.9. The van der Waals surface area contributed by atoms with Crippen molar-refractivity contribution >= 4 is 44.1 Å². The van der Waals surface area contributed by atoms with Gasteiger partial charge in [-0.25, -0.2) is 4.98 Å². The number of benzene rings is 1. The Morgan fingerprint density at radius 2 is 2.12 bits per heavy atom. The van der Waals surface area contributed by atoms with E-state index in [2.05, 4.69) is 31.2 Å². The van der Waals surface area contributed by atoms with Crippen LogP contribution in [-0.2, 0) is 11.3 Å². The third-order valence-electron chi connectivity index (χ3n) is 3.56.